The maximum Gasteiger partial charge on any atom is 0.234 e. The van der Waals surface area contributed by atoms with E-state index in [1.165, 1.54) is 0 Å². The highest BCUT2D eigenvalue weighted by molar-refractivity contribution is 6.30. The van der Waals surface area contributed by atoms with Gasteiger partial charge in [0.25, 0.3) is 0 Å². The van der Waals surface area contributed by atoms with Crippen LogP contribution in [0.5, 0.6) is 0 Å². The lowest BCUT2D eigenvalue weighted by atomic mass is 9.85. The number of H-pyrrole nitrogens is 1. The third kappa shape index (κ3) is 2.70. The van der Waals surface area contributed by atoms with Gasteiger partial charge in [0.2, 0.25) is 11.8 Å². The van der Waals surface area contributed by atoms with Crippen molar-refractivity contribution in [1.82, 2.24) is 9.88 Å². The maximum atomic E-state index is 12.7. The van der Waals surface area contributed by atoms with Crippen LogP contribution in [-0.2, 0) is 20.8 Å². The molecule has 0 unspecified atom stereocenters. The molecule has 0 bridgehead atoms. The Bertz CT molecular complexity index is 915. The fourth-order valence-corrected chi connectivity index (χ4v) is 4.15. The van der Waals surface area contributed by atoms with Crippen molar-refractivity contribution >= 4 is 40.3 Å². The van der Waals surface area contributed by atoms with Crippen LogP contribution in [0.1, 0.15) is 18.5 Å². The number of fused-ring (bicyclic) bond motifs is 2. The van der Waals surface area contributed by atoms with E-state index in [-0.39, 0.29) is 12.8 Å². The average Bonchev–Trinajstić information content (AvgIpc) is 3.12. The molecule has 0 saturated carbocycles. The molecule has 1 saturated heterocycles. The number of carboxylic acids is 1. The molecule has 1 aromatic heterocycles. The normalized spacial score (nSPS) is 23.9. The smallest absolute Gasteiger partial charge is 0.234 e. The number of nitrogens with one attached hydrogen (secondary N) is 1. The van der Waals surface area contributed by atoms with E-state index in [0.717, 1.165) is 15.8 Å². The van der Waals surface area contributed by atoms with Crippen molar-refractivity contribution in [1.29, 1.82) is 0 Å². The second-order valence-electron chi connectivity index (χ2n) is 6.77. The summed E-state index contributed by atoms with van der Waals surface area (Å²) in [5.74, 6) is -3.48. The van der Waals surface area contributed by atoms with Gasteiger partial charge in [-0.2, -0.15) is 0 Å². The lowest BCUT2D eigenvalue weighted by molar-refractivity contribution is -0.310. The number of aliphatic carboxylic acids is 1. The number of hydrogen-bond acceptors (Lipinski definition) is 4. The molecule has 0 radical (unpaired) electrons. The van der Waals surface area contributed by atoms with Gasteiger partial charge in [-0.3, -0.25) is 14.5 Å². The van der Waals surface area contributed by atoms with Gasteiger partial charge in [-0.25, -0.2) is 0 Å². The van der Waals surface area contributed by atoms with Gasteiger partial charge in [-0.1, -0.05) is 35.9 Å². The van der Waals surface area contributed by atoms with Crippen LogP contribution >= 0.6 is 11.6 Å². The van der Waals surface area contributed by atoms with E-state index in [0.29, 0.717) is 17.1 Å². The number of aromatic nitrogens is 1. The van der Waals surface area contributed by atoms with Gasteiger partial charge in [0.15, 0.2) is 0 Å². The predicted octanol–water partition coefficient (Wildman–Crippen LogP) is 1.35. The summed E-state index contributed by atoms with van der Waals surface area (Å²) < 4.78 is 0. The van der Waals surface area contributed by atoms with E-state index < -0.39 is 35.7 Å². The minimum atomic E-state index is -1.44. The zero-order valence-electron chi connectivity index (χ0n) is 13.8. The van der Waals surface area contributed by atoms with Crippen LogP contribution in [0.15, 0.2) is 41.4 Å². The average molecular weight is 372 g/mol. The molecule has 3 atom stereocenters. The van der Waals surface area contributed by atoms with Crippen LogP contribution < -0.4 is 5.11 Å². The van der Waals surface area contributed by atoms with Crippen LogP contribution in [0.2, 0.25) is 0 Å². The van der Waals surface area contributed by atoms with Crippen molar-refractivity contribution in [3.05, 3.63) is 47.1 Å². The van der Waals surface area contributed by atoms with Gasteiger partial charge >= 0.3 is 0 Å². The molecule has 1 aromatic carbocycles. The second kappa shape index (κ2) is 6.29. The molecule has 1 aliphatic carbocycles. The third-order valence-electron chi connectivity index (χ3n) is 5.19. The Labute approximate surface area is 154 Å². The van der Waals surface area contributed by atoms with E-state index in [4.69, 9.17) is 11.6 Å². The number of amides is 2. The second-order valence-corrected chi connectivity index (χ2v) is 7.26. The Balaban J connectivity index is 1.63. The number of benzene rings is 1. The van der Waals surface area contributed by atoms with Crippen LogP contribution in [0.4, 0.5) is 0 Å². The lowest BCUT2D eigenvalue weighted by Crippen LogP contribution is -2.52. The highest BCUT2D eigenvalue weighted by atomic mass is 35.5. The quantitative estimate of drug-likeness (QED) is 0.821. The zero-order valence-corrected chi connectivity index (χ0v) is 14.5. The van der Waals surface area contributed by atoms with Crippen molar-refractivity contribution in [3.63, 3.8) is 0 Å². The molecule has 6 nitrogen and oxygen atoms in total. The summed E-state index contributed by atoms with van der Waals surface area (Å²) in [5.41, 5.74) is 1.50. The third-order valence-corrected chi connectivity index (χ3v) is 5.49. The fraction of sp³-hybridized carbons (Fsp3) is 0.316. The standard InChI is InChI=1S/C19H17ClN2O4/c20-11-5-6-13-14(8-11)18(24)22(17(13)23)16(19(25)26)9-12-7-10-3-1-2-4-15(10)21-12/h1-5,7,13-14,16,21H,6,8-9H2,(H,25,26)/p-1/t13-,14-,16+/m0/s1. The number of likely N-dealkylation sites (tertiary alicyclic amines) is 1. The topological polar surface area (TPSA) is 93.3 Å². The van der Waals surface area contributed by atoms with Crippen molar-refractivity contribution in [2.45, 2.75) is 25.3 Å². The van der Waals surface area contributed by atoms with E-state index in [9.17, 15) is 19.5 Å². The number of para-hydroxylation sites is 1. The van der Waals surface area contributed by atoms with Crippen molar-refractivity contribution in [2.24, 2.45) is 11.8 Å². The monoisotopic (exact) mass is 371 g/mol. The van der Waals surface area contributed by atoms with Gasteiger partial charge in [0, 0.05) is 22.7 Å². The first-order valence-corrected chi connectivity index (χ1v) is 8.82. The molecule has 0 spiro atoms. The number of rotatable bonds is 4. The SMILES string of the molecule is O=C([O-])[C@@H](Cc1cc2ccccc2[nH]1)N1C(=O)[C@H]2CC=C(Cl)C[C@@H]2C1=O. The van der Waals surface area contributed by atoms with E-state index in [1.807, 2.05) is 30.3 Å². The number of carbonyl (C=O) groups is 3. The molecule has 1 aliphatic heterocycles. The van der Waals surface area contributed by atoms with Crippen LogP contribution in [0, 0.1) is 11.8 Å². The molecule has 2 aliphatic rings. The van der Waals surface area contributed by atoms with Crippen molar-refractivity contribution < 1.29 is 19.5 Å². The summed E-state index contributed by atoms with van der Waals surface area (Å²) in [5, 5.41) is 13.2. The zero-order chi connectivity index (χ0) is 18.4. The summed E-state index contributed by atoms with van der Waals surface area (Å²) in [6.45, 7) is 0. The molecule has 134 valence electrons. The Kier molecular flexibility index (Phi) is 4.07. The summed E-state index contributed by atoms with van der Waals surface area (Å²) >= 11 is 6.01. The van der Waals surface area contributed by atoms with Crippen molar-refractivity contribution in [2.75, 3.05) is 0 Å². The summed E-state index contributed by atoms with van der Waals surface area (Å²) in [6, 6.07) is 8.01. The first kappa shape index (κ1) is 16.8. The van der Waals surface area contributed by atoms with Crippen LogP contribution in [-0.4, -0.2) is 33.7 Å². The van der Waals surface area contributed by atoms with Gasteiger partial charge in [-0.05, 0) is 30.4 Å². The number of carboxylic acid groups (broad SMARTS) is 1. The Hall–Kier alpha value is -2.60. The highest BCUT2D eigenvalue weighted by Crippen LogP contribution is 2.40. The maximum absolute atomic E-state index is 12.7. The molecule has 2 aromatic rings. The summed E-state index contributed by atoms with van der Waals surface area (Å²) in [7, 11) is 0. The minimum Gasteiger partial charge on any atom is -0.548 e. The first-order valence-electron chi connectivity index (χ1n) is 8.44. The van der Waals surface area contributed by atoms with Gasteiger partial charge in [0.1, 0.15) is 0 Å². The fourth-order valence-electron chi connectivity index (χ4n) is 3.89. The van der Waals surface area contributed by atoms with Crippen molar-refractivity contribution in [3.8, 4) is 0 Å². The largest absolute Gasteiger partial charge is 0.548 e. The first-order chi connectivity index (χ1) is 12.5. The predicted molar refractivity (Wildman–Crippen MR) is 92.8 cm³/mol. The van der Waals surface area contributed by atoms with Gasteiger partial charge in [0.05, 0.1) is 23.8 Å². The van der Waals surface area contributed by atoms with Gasteiger partial charge in [-0.15, -0.1) is 0 Å². The number of allylic oxidation sites excluding steroid dienone is 2. The molecular formula is C19H16ClN2O4-. The molecule has 1 fully saturated rings. The lowest BCUT2D eigenvalue weighted by Gasteiger charge is -2.27. The molecular weight excluding hydrogens is 356 g/mol. The molecule has 4 rings (SSSR count). The number of hydrogen-bond donors (Lipinski definition) is 1. The van der Waals surface area contributed by atoms with Gasteiger partial charge < -0.3 is 14.9 Å². The minimum absolute atomic E-state index is 0.0188. The van der Waals surface area contributed by atoms with E-state index in [2.05, 4.69) is 4.98 Å². The Morgan fingerprint density at radius 2 is 2.00 bits per heavy atom. The molecule has 1 N–H and O–H groups in total. The molecule has 7 heteroatoms. The molecule has 26 heavy (non-hydrogen) atoms. The number of nitrogens with zero attached hydrogens (tertiary/aromatic N) is 1. The molecule has 2 heterocycles. The highest BCUT2D eigenvalue weighted by Gasteiger charge is 2.50. The number of aromatic amines is 1. The summed E-state index contributed by atoms with van der Waals surface area (Å²) in [6.07, 6.45) is 2.34. The molecule has 2 amide bonds. The van der Waals surface area contributed by atoms with E-state index in [1.54, 1.807) is 6.08 Å². The van der Waals surface area contributed by atoms with E-state index >= 15 is 0 Å². The number of carbonyl (C=O) groups excluding carboxylic acids is 3. The Morgan fingerprint density at radius 3 is 2.73 bits per heavy atom. The number of imide groups is 1. The van der Waals surface area contributed by atoms with Crippen LogP contribution in [0.3, 0.4) is 0 Å². The Morgan fingerprint density at radius 1 is 1.27 bits per heavy atom. The summed E-state index contributed by atoms with van der Waals surface area (Å²) in [4.78, 5) is 41.2. The number of halogens is 1. The van der Waals surface area contributed by atoms with Crippen LogP contribution in [0.25, 0.3) is 10.9 Å².